The molecule has 2 aromatic rings. The maximum atomic E-state index is 12.7. The highest BCUT2D eigenvalue weighted by Gasteiger charge is 2.28. The topological polar surface area (TPSA) is 77.2 Å². The van der Waals surface area contributed by atoms with Crippen LogP contribution in [0.2, 0.25) is 10.0 Å². The number of hydrogen-bond acceptors (Lipinski definition) is 5. The van der Waals surface area contributed by atoms with E-state index in [9.17, 15) is 4.79 Å². The molecule has 1 aromatic heterocycles. The van der Waals surface area contributed by atoms with Crippen LogP contribution in [0.1, 0.15) is 37.8 Å². The summed E-state index contributed by atoms with van der Waals surface area (Å²) in [4.78, 5) is 17.1. The smallest absolute Gasteiger partial charge is 0.141 e. The van der Waals surface area contributed by atoms with Crippen molar-refractivity contribution < 1.29 is 9.53 Å². The minimum absolute atomic E-state index is 0.0391. The zero-order valence-corrected chi connectivity index (χ0v) is 19.1. The number of pyridine rings is 1. The second-order valence-electron chi connectivity index (χ2n) is 8.70. The maximum Gasteiger partial charge on any atom is 0.141 e. The third kappa shape index (κ3) is 5.78. The first-order valence-electron chi connectivity index (χ1n) is 11.0. The van der Waals surface area contributed by atoms with Gasteiger partial charge in [0.25, 0.3) is 0 Å². The number of benzene rings is 1. The third-order valence-corrected chi connectivity index (χ3v) is 7.02. The van der Waals surface area contributed by atoms with Crippen LogP contribution in [-0.4, -0.2) is 36.6 Å². The monoisotopic (exact) mass is 461 g/mol. The van der Waals surface area contributed by atoms with E-state index >= 15 is 0 Å². The third-order valence-electron chi connectivity index (χ3n) is 6.39. The summed E-state index contributed by atoms with van der Waals surface area (Å²) >= 11 is 13.0. The van der Waals surface area contributed by atoms with Gasteiger partial charge in [-0.3, -0.25) is 9.78 Å². The Kier molecular flexibility index (Phi) is 7.49. The van der Waals surface area contributed by atoms with Crippen molar-refractivity contribution >= 4 is 34.7 Å². The average Bonchev–Trinajstić information content (AvgIpc) is 3.22. The molecule has 2 heterocycles. The van der Waals surface area contributed by atoms with Crippen molar-refractivity contribution in [2.75, 3.05) is 25.1 Å². The van der Waals surface area contributed by atoms with Crippen molar-refractivity contribution in [2.24, 2.45) is 17.6 Å². The van der Waals surface area contributed by atoms with Crippen LogP contribution >= 0.6 is 23.2 Å². The number of rotatable bonds is 7. The number of Topliss-reactive ketones (excluding diaryl/α,β-unsaturated/α-hetero) is 1. The minimum Gasteiger partial charge on any atom is -0.385 e. The van der Waals surface area contributed by atoms with Gasteiger partial charge in [-0.25, -0.2) is 0 Å². The zero-order chi connectivity index (χ0) is 21.8. The molecule has 2 fully saturated rings. The van der Waals surface area contributed by atoms with E-state index in [4.69, 9.17) is 33.7 Å². The maximum absolute atomic E-state index is 12.7. The number of ketones is 1. The van der Waals surface area contributed by atoms with Crippen molar-refractivity contribution in [3.63, 3.8) is 0 Å². The Hall–Kier alpha value is -1.66. The molecule has 1 saturated carbocycles. The largest absolute Gasteiger partial charge is 0.385 e. The van der Waals surface area contributed by atoms with Crippen molar-refractivity contribution in [3.8, 4) is 11.1 Å². The van der Waals surface area contributed by atoms with Crippen molar-refractivity contribution in [3.05, 3.63) is 46.2 Å². The molecular formula is C24H29Cl2N3O2. The second-order valence-corrected chi connectivity index (χ2v) is 9.51. The van der Waals surface area contributed by atoms with Crippen LogP contribution in [0.4, 0.5) is 5.69 Å². The molecule has 4 rings (SSSR count). The quantitative estimate of drug-likeness (QED) is 0.597. The summed E-state index contributed by atoms with van der Waals surface area (Å²) in [5, 5.41) is 4.65. The fraction of sp³-hybridized carbons (Fsp3) is 0.500. The lowest BCUT2D eigenvalue weighted by molar-refractivity contribution is -0.122. The van der Waals surface area contributed by atoms with Crippen LogP contribution in [0.25, 0.3) is 11.1 Å². The van der Waals surface area contributed by atoms with E-state index in [0.29, 0.717) is 28.1 Å². The second kappa shape index (κ2) is 10.3. The van der Waals surface area contributed by atoms with Crippen LogP contribution in [0, 0.1) is 11.8 Å². The van der Waals surface area contributed by atoms with Crippen molar-refractivity contribution in [2.45, 2.75) is 44.6 Å². The van der Waals surface area contributed by atoms with Gasteiger partial charge >= 0.3 is 0 Å². The molecule has 0 unspecified atom stereocenters. The minimum atomic E-state index is 0.0391. The Morgan fingerprint density at radius 3 is 2.61 bits per heavy atom. The Balaban J connectivity index is 1.49. The van der Waals surface area contributed by atoms with E-state index < -0.39 is 0 Å². The van der Waals surface area contributed by atoms with Gasteiger partial charge in [-0.2, -0.15) is 0 Å². The van der Waals surface area contributed by atoms with E-state index in [1.165, 1.54) is 0 Å². The first-order chi connectivity index (χ1) is 15.0. The van der Waals surface area contributed by atoms with Crippen molar-refractivity contribution in [1.29, 1.82) is 0 Å². The van der Waals surface area contributed by atoms with E-state index in [1.807, 2.05) is 24.3 Å². The lowest BCUT2D eigenvalue weighted by atomic mass is 9.97. The number of nitrogens with zero attached hydrogens (tertiary/aromatic N) is 1. The van der Waals surface area contributed by atoms with Gasteiger partial charge in [0.2, 0.25) is 0 Å². The predicted octanol–water partition coefficient (Wildman–Crippen LogP) is 5.13. The molecular weight excluding hydrogens is 433 g/mol. The van der Waals surface area contributed by atoms with Gasteiger partial charge < -0.3 is 15.8 Å². The number of hydrogen-bond donors (Lipinski definition) is 2. The van der Waals surface area contributed by atoms with Gasteiger partial charge in [-0.05, 0) is 62.3 Å². The summed E-state index contributed by atoms with van der Waals surface area (Å²) in [6, 6.07) is 7.90. The standard InChI is InChI=1S/C24H29Cl2N3O2/c25-22-4-3-18(28-13-15-5-7-31-8-6-15)10-20(22)21-11-19(29-14-23(21)26)12-24(30)16-1-2-17(27)9-16/h3-4,10-11,14-17,28H,1-2,5-9,12-13,27H2/t16-,17+/m0/s1. The highest BCUT2D eigenvalue weighted by atomic mass is 35.5. The first-order valence-corrected chi connectivity index (χ1v) is 11.8. The molecule has 31 heavy (non-hydrogen) atoms. The van der Waals surface area contributed by atoms with E-state index in [-0.39, 0.29) is 17.7 Å². The van der Waals surface area contributed by atoms with Gasteiger partial charge in [0.1, 0.15) is 5.78 Å². The molecule has 166 valence electrons. The van der Waals surface area contributed by atoms with Crippen LogP contribution in [-0.2, 0) is 16.0 Å². The Bertz CT molecular complexity index is 931. The number of nitrogens with two attached hydrogens (primary N) is 1. The highest BCUT2D eigenvalue weighted by molar-refractivity contribution is 6.36. The molecule has 1 saturated heterocycles. The van der Waals surface area contributed by atoms with Gasteiger partial charge in [-0.15, -0.1) is 0 Å². The molecule has 7 heteroatoms. The molecule has 0 spiro atoms. The summed E-state index contributed by atoms with van der Waals surface area (Å²) in [7, 11) is 0. The lowest BCUT2D eigenvalue weighted by Crippen LogP contribution is -2.22. The molecule has 0 amide bonds. The number of aromatic nitrogens is 1. The fourth-order valence-corrected chi connectivity index (χ4v) is 4.90. The van der Waals surface area contributed by atoms with Gasteiger partial charge in [0.15, 0.2) is 0 Å². The fourth-order valence-electron chi connectivity index (χ4n) is 4.47. The molecule has 0 bridgehead atoms. The van der Waals surface area contributed by atoms with E-state index in [2.05, 4.69) is 10.3 Å². The summed E-state index contributed by atoms with van der Waals surface area (Å²) in [5.41, 5.74) is 9.30. The normalized spacial score (nSPS) is 21.9. The van der Waals surface area contributed by atoms with Gasteiger partial charge in [0.05, 0.1) is 5.02 Å². The number of nitrogens with one attached hydrogen (secondary N) is 1. The predicted molar refractivity (Wildman–Crippen MR) is 126 cm³/mol. The first kappa shape index (κ1) is 22.5. The molecule has 5 nitrogen and oxygen atoms in total. The Labute approximate surface area is 193 Å². The van der Waals surface area contributed by atoms with E-state index in [0.717, 1.165) is 68.7 Å². The van der Waals surface area contributed by atoms with E-state index in [1.54, 1.807) is 6.20 Å². The Morgan fingerprint density at radius 2 is 1.87 bits per heavy atom. The molecule has 1 aromatic carbocycles. The zero-order valence-electron chi connectivity index (χ0n) is 17.6. The average molecular weight is 462 g/mol. The van der Waals surface area contributed by atoms with Gasteiger partial charge in [0, 0.05) is 71.9 Å². The number of carbonyl (C=O) groups is 1. The molecule has 2 atom stereocenters. The van der Waals surface area contributed by atoms with Crippen LogP contribution in [0.5, 0.6) is 0 Å². The lowest BCUT2D eigenvalue weighted by Gasteiger charge is -2.23. The summed E-state index contributed by atoms with van der Waals surface area (Å²) in [6.45, 7) is 2.57. The van der Waals surface area contributed by atoms with Crippen LogP contribution < -0.4 is 11.1 Å². The van der Waals surface area contributed by atoms with Gasteiger partial charge in [-0.1, -0.05) is 23.2 Å². The summed E-state index contributed by atoms with van der Waals surface area (Å²) in [5.74, 6) is 0.850. The molecule has 1 aliphatic heterocycles. The molecule has 2 aliphatic rings. The molecule has 0 radical (unpaired) electrons. The van der Waals surface area contributed by atoms with Crippen LogP contribution in [0.3, 0.4) is 0 Å². The SMILES string of the molecule is N[C@@H]1CC[C@H](C(=O)Cc2cc(-c3cc(NCC4CCOCC4)ccc3Cl)c(Cl)cn2)C1. The number of halogens is 2. The van der Waals surface area contributed by atoms with Crippen LogP contribution in [0.15, 0.2) is 30.5 Å². The molecule has 1 aliphatic carbocycles. The highest BCUT2D eigenvalue weighted by Crippen LogP contribution is 2.36. The molecule has 3 N–H and O–H groups in total. The summed E-state index contributed by atoms with van der Waals surface area (Å²) < 4.78 is 5.44. The number of ether oxygens (including phenoxy) is 1. The van der Waals surface area contributed by atoms with Crippen molar-refractivity contribution in [1.82, 2.24) is 4.98 Å². The summed E-state index contributed by atoms with van der Waals surface area (Å²) in [6.07, 6.45) is 6.61. The Morgan fingerprint density at radius 1 is 1.10 bits per heavy atom. The number of carbonyl (C=O) groups excluding carboxylic acids is 1. The number of anilines is 1.